The number of hydrogen-bond donors (Lipinski definition) is 1. The lowest BCUT2D eigenvalue weighted by Gasteiger charge is -2.25. The van der Waals surface area contributed by atoms with E-state index in [0.717, 1.165) is 28.2 Å². The molecule has 166 valence electrons. The van der Waals surface area contributed by atoms with Crippen LogP contribution in [-0.4, -0.2) is 43.6 Å². The SMILES string of the molecule is COCC(=O)N1CCc2oc(-c3ccc(NC(=O)COCc4ccccc4)cc3)cc2C1. The van der Waals surface area contributed by atoms with Crippen molar-refractivity contribution in [1.29, 1.82) is 0 Å². The van der Waals surface area contributed by atoms with Crippen molar-refractivity contribution in [2.24, 2.45) is 0 Å². The van der Waals surface area contributed by atoms with Crippen molar-refractivity contribution < 1.29 is 23.5 Å². The van der Waals surface area contributed by atoms with Gasteiger partial charge in [-0.3, -0.25) is 9.59 Å². The lowest BCUT2D eigenvalue weighted by Crippen LogP contribution is -2.37. The molecule has 3 aromatic rings. The molecule has 1 aromatic heterocycles. The molecule has 4 rings (SSSR count). The monoisotopic (exact) mass is 434 g/mol. The van der Waals surface area contributed by atoms with Crippen molar-refractivity contribution in [2.45, 2.75) is 19.6 Å². The molecule has 2 amide bonds. The van der Waals surface area contributed by atoms with Crippen LogP contribution in [0.2, 0.25) is 0 Å². The van der Waals surface area contributed by atoms with Crippen LogP contribution in [0.15, 0.2) is 65.1 Å². The molecule has 0 spiro atoms. The second-order valence-electron chi connectivity index (χ2n) is 7.66. The Balaban J connectivity index is 1.31. The number of carbonyl (C=O) groups is 2. The van der Waals surface area contributed by atoms with Gasteiger partial charge in [-0.25, -0.2) is 0 Å². The fraction of sp³-hybridized carbons (Fsp3) is 0.280. The highest BCUT2D eigenvalue weighted by Gasteiger charge is 2.24. The molecule has 1 aliphatic heterocycles. The number of ether oxygens (including phenoxy) is 2. The third-order valence-corrected chi connectivity index (χ3v) is 5.29. The number of benzene rings is 2. The van der Waals surface area contributed by atoms with Gasteiger partial charge >= 0.3 is 0 Å². The molecule has 2 aromatic carbocycles. The average Bonchev–Trinajstić information content (AvgIpc) is 3.24. The van der Waals surface area contributed by atoms with Gasteiger partial charge in [0.1, 0.15) is 24.7 Å². The van der Waals surface area contributed by atoms with Gasteiger partial charge in [-0.15, -0.1) is 0 Å². The lowest BCUT2D eigenvalue weighted by molar-refractivity contribution is -0.136. The molecule has 0 saturated carbocycles. The Hall–Kier alpha value is -3.42. The van der Waals surface area contributed by atoms with Gasteiger partial charge in [0.05, 0.1) is 6.61 Å². The largest absolute Gasteiger partial charge is 0.461 e. The summed E-state index contributed by atoms with van der Waals surface area (Å²) in [5, 5.41) is 2.84. The summed E-state index contributed by atoms with van der Waals surface area (Å²) < 4.78 is 16.4. The Morgan fingerprint density at radius 1 is 1.06 bits per heavy atom. The summed E-state index contributed by atoms with van der Waals surface area (Å²) in [5.41, 5.74) is 3.64. The molecule has 0 radical (unpaired) electrons. The molecular weight excluding hydrogens is 408 g/mol. The fourth-order valence-electron chi connectivity index (χ4n) is 3.65. The Morgan fingerprint density at radius 2 is 1.84 bits per heavy atom. The molecule has 7 heteroatoms. The molecule has 7 nitrogen and oxygen atoms in total. The third-order valence-electron chi connectivity index (χ3n) is 5.29. The maximum absolute atomic E-state index is 12.1. The van der Waals surface area contributed by atoms with Crippen LogP contribution in [0.1, 0.15) is 16.9 Å². The van der Waals surface area contributed by atoms with Crippen LogP contribution in [0.4, 0.5) is 5.69 Å². The Labute approximate surface area is 186 Å². The number of amides is 2. The van der Waals surface area contributed by atoms with Gasteiger partial charge in [0, 0.05) is 43.4 Å². The topological polar surface area (TPSA) is 81.0 Å². The van der Waals surface area contributed by atoms with Gasteiger partial charge in [-0.2, -0.15) is 0 Å². The van der Waals surface area contributed by atoms with E-state index in [0.29, 0.717) is 31.8 Å². The van der Waals surface area contributed by atoms with Gasteiger partial charge in [-0.1, -0.05) is 30.3 Å². The molecule has 0 aliphatic carbocycles. The number of furan rings is 1. The van der Waals surface area contributed by atoms with Crippen LogP contribution >= 0.6 is 0 Å². The predicted molar refractivity (Wildman–Crippen MR) is 120 cm³/mol. The number of rotatable bonds is 8. The summed E-state index contributed by atoms with van der Waals surface area (Å²) in [7, 11) is 1.52. The standard InChI is InChI=1S/C25H26N2O5/c1-30-17-25(29)27-12-11-22-20(14-27)13-23(32-22)19-7-9-21(10-8-19)26-24(28)16-31-15-18-5-3-2-4-6-18/h2-10,13H,11-12,14-17H2,1H3,(H,26,28). The van der Waals surface area contributed by atoms with Gasteiger partial charge in [0.2, 0.25) is 11.8 Å². The maximum atomic E-state index is 12.1. The van der Waals surface area contributed by atoms with E-state index >= 15 is 0 Å². The normalized spacial score (nSPS) is 13.0. The van der Waals surface area contributed by atoms with E-state index in [9.17, 15) is 9.59 Å². The number of methoxy groups -OCH3 is 1. The summed E-state index contributed by atoms with van der Waals surface area (Å²) in [6, 6.07) is 19.2. The molecule has 0 bridgehead atoms. The zero-order valence-electron chi connectivity index (χ0n) is 18.0. The Bertz CT molecular complexity index is 1060. The van der Waals surface area contributed by atoms with Crippen LogP contribution in [0.3, 0.4) is 0 Å². The van der Waals surface area contributed by atoms with Gasteiger partial charge in [0.25, 0.3) is 0 Å². The first-order valence-corrected chi connectivity index (χ1v) is 10.5. The van der Waals surface area contributed by atoms with Crippen molar-refractivity contribution in [2.75, 3.05) is 32.2 Å². The zero-order chi connectivity index (χ0) is 22.3. The number of fused-ring (bicyclic) bond motifs is 1. The summed E-state index contributed by atoms with van der Waals surface area (Å²) in [4.78, 5) is 26.0. The molecule has 0 fully saturated rings. The summed E-state index contributed by atoms with van der Waals surface area (Å²) in [6.07, 6.45) is 0.682. The minimum Gasteiger partial charge on any atom is -0.461 e. The minimum absolute atomic E-state index is 0.0140. The highest BCUT2D eigenvalue weighted by Crippen LogP contribution is 2.30. The van der Waals surface area contributed by atoms with E-state index in [1.807, 2.05) is 60.7 Å². The highest BCUT2D eigenvalue weighted by atomic mass is 16.5. The smallest absolute Gasteiger partial charge is 0.250 e. The first-order valence-electron chi connectivity index (χ1n) is 10.5. The summed E-state index contributed by atoms with van der Waals surface area (Å²) >= 11 is 0. The van der Waals surface area contributed by atoms with E-state index in [1.165, 1.54) is 7.11 Å². The fourth-order valence-corrected chi connectivity index (χ4v) is 3.65. The first-order chi connectivity index (χ1) is 15.6. The second-order valence-corrected chi connectivity index (χ2v) is 7.66. The van der Waals surface area contributed by atoms with Crippen LogP contribution < -0.4 is 5.32 Å². The zero-order valence-corrected chi connectivity index (χ0v) is 18.0. The van der Waals surface area contributed by atoms with Gasteiger partial charge < -0.3 is 24.1 Å². The number of nitrogens with zero attached hydrogens (tertiary/aromatic N) is 1. The van der Waals surface area contributed by atoms with Crippen molar-refractivity contribution in [3.05, 3.63) is 77.6 Å². The lowest BCUT2D eigenvalue weighted by atomic mass is 10.1. The molecule has 2 heterocycles. The van der Waals surface area contributed by atoms with Crippen molar-refractivity contribution in [1.82, 2.24) is 4.90 Å². The van der Waals surface area contributed by atoms with E-state index in [1.54, 1.807) is 4.90 Å². The maximum Gasteiger partial charge on any atom is 0.250 e. The Kier molecular flexibility index (Phi) is 6.99. The van der Waals surface area contributed by atoms with Crippen molar-refractivity contribution in [3.8, 4) is 11.3 Å². The summed E-state index contributed by atoms with van der Waals surface area (Å²) in [5.74, 6) is 1.44. The first kappa shape index (κ1) is 21.8. The van der Waals surface area contributed by atoms with E-state index in [-0.39, 0.29) is 25.0 Å². The van der Waals surface area contributed by atoms with Crippen LogP contribution in [0.5, 0.6) is 0 Å². The van der Waals surface area contributed by atoms with E-state index in [2.05, 4.69) is 5.32 Å². The van der Waals surface area contributed by atoms with Crippen molar-refractivity contribution >= 4 is 17.5 Å². The number of anilines is 1. The molecule has 1 N–H and O–H groups in total. The molecule has 0 unspecified atom stereocenters. The quantitative estimate of drug-likeness (QED) is 0.586. The molecule has 0 saturated heterocycles. The van der Waals surface area contributed by atoms with Gasteiger partial charge in [0.15, 0.2) is 0 Å². The van der Waals surface area contributed by atoms with Gasteiger partial charge in [-0.05, 0) is 35.9 Å². The molecule has 0 atom stereocenters. The Morgan fingerprint density at radius 3 is 2.59 bits per heavy atom. The minimum atomic E-state index is -0.206. The number of nitrogens with one attached hydrogen (secondary N) is 1. The van der Waals surface area contributed by atoms with Crippen molar-refractivity contribution in [3.63, 3.8) is 0 Å². The third kappa shape index (κ3) is 5.43. The van der Waals surface area contributed by atoms with Crippen LogP contribution in [0, 0.1) is 0 Å². The van der Waals surface area contributed by atoms with Crippen LogP contribution in [0.25, 0.3) is 11.3 Å². The summed E-state index contributed by atoms with van der Waals surface area (Å²) in [6.45, 7) is 1.62. The van der Waals surface area contributed by atoms with E-state index in [4.69, 9.17) is 13.9 Å². The van der Waals surface area contributed by atoms with Crippen LogP contribution in [-0.2, 0) is 38.6 Å². The molecular formula is C25H26N2O5. The number of hydrogen-bond acceptors (Lipinski definition) is 5. The average molecular weight is 434 g/mol. The highest BCUT2D eigenvalue weighted by molar-refractivity contribution is 5.91. The predicted octanol–water partition coefficient (Wildman–Crippen LogP) is 3.63. The number of carbonyl (C=O) groups excluding carboxylic acids is 2. The molecule has 32 heavy (non-hydrogen) atoms. The molecule has 1 aliphatic rings. The van der Waals surface area contributed by atoms with E-state index < -0.39 is 0 Å². The second kappa shape index (κ2) is 10.3.